The molecule has 192 valence electrons. The molecule has 0 bridgehead atoms. The molecule has 5 heteroatoms. The van der Waals surface area contributed by atoms with Gasteiger partial charge in [-0.3, -0.25) is 9.59 Å². The van der Waals surface area contributed by atoms with E-state index in [1.165, 1.54) is 19.3 Å². The molecule has 0 unspecified atom stereocenters. The van der Waals surface area contributed by atoms with Crippen molar-refractivity contribution in [3.63, 3.8) is 0 Å². The van der Waals surface area contributed by atoms with E-state index >= 15 is 0 Å². The second-order valence-corrected chi connectivity index (χ2v) is 9.39. The molecular weight excluding hydrogens is 438 g/mol. The van der Waals surface area contributed by atoms with E-state index in [0.717, 1.165) is 60.1 Å². The summed E-state index contributed by atoms with van der Waals surface area (Å²) < 4.78 is 6.16. The number of carboxylic acid groups (broad SMARTS) is 1. The first-order chi connectivity index (χ1) is 16.9. The lowest BCUT2D eigenvalue weighted by atomic mass is 9.99. The number of rotatable bonds is 17. The lowest BCUT2D eigenvalue weighted by Gasteiger charge is -2.18. The maximum Gasteiger partial charge on any atom is 0.303 e. The largest absolute Gasteiger partial charge is 0.493 e. The average molecular weight is 482 g/mol. The van der Waals surface area contributed by atoms with Crippen LogP contribution in [0, 0.1) is 0 Å². The van der Waals surface area contributed by atoms with Gasteiger partial charge < -0.3 is 14.7 Å². The smallest absolute Gasteiger partial charge is 0.303 e. The van der Waals surface area contributed by atoms with Crippen LogP contribution >= 0.6 is 0 Å². The Morgan fingerprint density at radius 1 is 0.857 bits per heavy atom. The molecule has 35 heavy (non-hydrogen) atoms. The van der Waals surface area contributed by atoms with Crippen LogP contribution in [0.1, 0.15) is 89.2 Å². The van der Waals surface area contributed by atoms with E-state index in [0.29, 0.717) is 26.0 Å². The van der Waals surface area contributed by atoms with Crippen LogP contribution in [0.5, 0.6) is 5.75 Å². The maximum atomic E-state index is 12.6. The third kappa shape index (κ3) is 10.5. The Bertz CT molecular complexity index is 924. The number of aliphatic carboxylic acids is 1. The van der Waals surface area contributed by atoms with Gasteiger partial charge in [-0.25, -0.2) is 0 Å². The third-order valence-corrected chi connectivity index (χ3v) is 6.26. The molecule has 0 saturated carbocycles. The second-order valence-electron chi connectivity index (χ2n) is 9.39. The number of hydrogen-bond acceptors (Lipinski definition) is 3. The van der Waals surface area contributed by atoms with E-state index in [2.05, 4.69) is 32.0 Å². The number of hydrogen-bond donors (Lipinski definition) is 1. The maximum absolute atomic E-state index is 12.6. The Kier molecular flexibility index (Phi) is 13.0. The van der Waals surface area contributed by atoms with Crippen LogP contribution in [0.4, 0.5) is 0 Å². The summed E-state index contributed by atoms with van der Waals surface area (Å²) in [5, 5.41) is 9.04. The molecule has 1 amide bonds. The molecule has 0 heterocycles. The van der Waals surface area contributed by atoms with Gasteiger partial charge in [0.1, 0.15) is 5.75 Å². The van der Waals surface area contributed by atoms with E-state index in [4.69, 9.17) is 9.84 Å². The molecule has 0 aliphatic carbocycles. The van der Waals surface area contributed by atoms with E-state index in [9.17, 15) is 9.59 Å². The van der Waals surface area contributed by atoms with Gasteiger partial charge in [-0.15, -0.1) is 0 Å². The van der Waals surface area contributed by atoms with Gasteiger partial charge in [-0.1, -0.05) is 82.7 Å². The summed E-state index contributed by atoms with van der Waals surface area (Å²) in [6.45, 7) is 5.57. The average Bonchev–Trinajstić information content (AvgIpc) is 2.85. The number of carbonyl (C=O) groups is 2. The second kappa shape index (κ2) is 16.0. The van der Waals surface area contributed by atoms with Crippen molar-refractivity contribution >= 4 is 11.9 Å². The number of amides is 1. The number of nitrogens with zero attached hydrogens (tertiary/aromatic N) is 1. The van der Waals surface area contributed by atoms with Gasteiger partial charge in [-0.05, 0) is 48.1 Å². The predicted octanol–water partition coefficient (Wildman–Crippen LogP) is 7.26. The van der Waals surface area contributed by atoms with Crippen LogP contribution < -0.4 is 4.74 Å². The third-order valence-electron chi connectivity index (χ3n) is 6.26. The molecular formula is C30H43NO4. The minimum atomic E-state index is -0.799. The zero-order valence-corrected chi connectivity index (χ0v) is 21.9. The number of carbonyl (C=O) groups excluding carboxylic acids is 1. The zero-order valence-electron chi connectivity index (χ0n) is 21.9. The highest BCUT2D eigenvalue weighted by Crippen LogP contribution is 2.32. The van der Waals surface area contributed by atoms with Crippen LogP contribution in [0.25, 0.3) is 11.1 Å². The molecule has 0 aliphatic heterocycles. The number of unbranched alkanes of at least 4 members (excludes halogenated alkanes) is 6. The summed E-state index contributed by atoms with van der Waals surface area (Å²) >= 11 is 0. The van der Waals surface area contributed by atoms with E-state index in [-0.39, 0.29) is 12.3 Å². The van der Waals surface area contributed by atoms with E-state index < -0.39 is 5.97 Å². The predicted molar refractivity (Wildman–Crippen MR) is 143 cm³/mol. The number of carboxylic acids is 1. The standard InChI is InChI=1S/C30H43NO4/c1-4-6-8-9-10-15-29(32)31(3)23-25-13-12-14-26(21-25)27-18-16-24(17-19-30(33)34)22-28(27)35-20-11-7-5-2/h12-14,16,18,21-22H,4-11,15,17,19-20,23H2,1-3H3,(H,33,34). The highest BCUT2D eigenvalue weighted by molar-refractivity contribution is 5.76. The van der Waals surface area contributed by atoms with Crippen molar-refractivity contribution in [2.75, 3.05) is 13.7 Å². The van der Waals surface area contributed by atoms with Crippen molar-refractivity contribution < 1.29 is 19.4 Å². The van der Waals surface area contributed by atoms with Crippen molar-refractivity contribution in [1.82, 2.24) is 4.90 Å². The van der Waals surface area contributed by atoms with Gasteiger partial charge in [0.25, 0.3) is 0 Å². The molecule has 2 aromatic rings. The van der Waals surface area contributed by atoms with Gasteiger partial charge in [0.05, 0.1) is 6.61 Å². The fourth-order valence-electron chi connectivity index (χ4n) is 4.14. The van der Waals surface area contributed by atoms with Crippen LogP contribution in [0.3, 0.4) is 0 Å². The van der Waals surface area contributed by atoms with Crippen molar-refractivity contribution in [2.24, 2.45) is 0 Å². The topological polar surface area (TPSA) is 66.8 Å². The summed E-state index contributed by atoms with van der Waals surface area (Å²) in [5.74, 6) is 0.180. The number of benzene rings is 2. The normalized spacial score (nSPS) is 10.8. The zero-order chi connectivity index (χ0) is 25.5. The molecule has 0 aliphatic rings. The molecule has 2 rings (SSSR count). The van der Waals surface area contributed by atoms with Gasteiger partial charge >= 0.3 is 5.97 Å². The van der Waals surface area contributed by atoms with Crippen molar-refractivity contribution in [3.8, 4) is 16.9 Å². The number of ether oxygens (including phenoxy) is 1. The minimum absolute atomic E-state index is 0.100. The first kappa shape index (κ1) is 28.4. The Hall–Kier alpha value is -2.82. The summed E-state index contributed by atoms with van der Waals surface area (Å²) in [6.07, 6.45) is 10.1. The molecule has 0 aromatic heterocycles. The highest BCUT2D eigenvalue weighted by atomic mass is 16.5. The molecule has 1 N–H and O–H groups in total. The fourth-order valence-corrected chi connectivity index (χ4v) is 4.14. The van der Waals surface area contributed by atoms with Crippen LogP contribution in [-0.4, -0.2) is 35.5 Å². The van der Waals surface area contributed by atoms with Crippen LogP contribution in [-0.2, 0) is 22.6 Å². The highest BCUT2D eigenvalue weighted by Gasteiger charge is 2.12. The van der Waals surface area contributed by atoms with Crippen LogP contribution in [0.2, 0.25) is 0 Å². The van der Waals surface area contributed by atoms with Gasteiger partial charge in [0, 0.05) is 32.0 Å². The Morgan fingerprint density at radius 2 is 1.60 bits per heavy atom. The molecule has 5 nitrogen and oxygen atoms in total. The Morgan fingerprint density at radius 3 is 2.34 bits per heavy atom. The molecule has 0 fully saturated rings. The SMILES string of the molecule is CCCCCCCC(=O)N(C)Cc1cccc(-c2ccc(CCC(=O)O)cc2OCCCCC)c1. The monoisotopic (exact) mass is 481 g/mol. The molecule has 0 spiro atoms. The minimum Gasteiger partial charge on any atom is -0.493 e. The van der Waals surface area contributed by atoms with Gasteiger partial charge in [0.15, 0.2) is 0 Å². The lowest BCUT2D eigenvalue weighted by molar-refractivity contribution is -0.137. The summed E-state index contributed by atoms with van der Waals surface area (Å²) in [5.41, 5.74) is 4.07. The van der Waals surface area contributed by atoms with Gasteiger partial charge in [0.2, 0.25) is 5.91 Å². The van der Waals surface area contributed by atoms with Crippen LogP contribution in [0.15, 0.2) is 42.5 Å². The molecule has 0 saturated heterocycles. The molecule has 2 aromatic carbocycles. The Labute approximate surface area is 211 Å². The van der Waals surface area contributed by atoms with Gasteiger partial charge in [-0.2, -0.15) is 0 Å². The molecule has 0 atom stereocenters. The van der Waals surface area contributed by atoms with Crippen molar-refractivity contribution in [2.45, 2.75) is 91.0 Å². The quantitative estimate of drug-likeness (QED) is 0.241. The first-order valence-electron chi connectivity index (χ1n) is 13.2. The summed E-state index contributed by atoms with van der Waals surface area (Å²) in [7, 11) is 1.88. The Balaban J connectivity index is 2.11. The first-order valence-corrected chi connectivity index (χ1v) is 13.2. The molecule has 0 radical (unpaired) electrons. The number of aryl methyl sites for hydroxylation is 1. The summed E-state index contributed by atoms with van der Waals surface area (Å²) in [6, 6.07) is 14.2. The van der Waals surface area contributed by atoms with E-state index in [1.54, 1.807) is 0 Å². The lowest BCUT2D eigenvalue weighted by Crippen LogP contribution is -2.25. The summed E-state index contributed by atoms with van der Waals surface area (Å²) in [4.78, 5) is 25.4. The van der Waals surface area contributed by atoms with E-state index in [1.807, 2.05) is 36.2 Å². The van der Waals surface area contributed by atoms with Crippen molar-refractivity contribution in [3.05, 3.63) is 53.6 Å². The van der Waals surface area contributed by atoms with Crippen molar-refractivity contribution in [1.29, 1.82) is 0 Å². The fraction of sp³-hybridized carbons (Fsp3) is 0.533.